The van der Waals surface area contributed by atoms with Crippen LogP contribution in [-0.4, -0.2) is 18.8 Å². The summed E-state index contributed by atoms with van der Waals surface area (Å²) in [7, 11) is 0. The molecule has 100 valence electrons. The Kier molecular flexibility index (Phi) is 2.51. The van der Waals surface area contributed by atoms with E-state index in [2.05, 4.69) is 0 Å². The van der Waals surface area contributed by atoms with Crippen molar-refractivity contribution in [2.75, 3.05) is 6.61 Å². The van der Waals surface area contributed by atoms with E-state index < -0.39 is 23.6 Å². The molecule has 0 spiro atoms. The predicted octanol–water partition coefficient (Wildman–Crippen LogP) is 3.08. The zero-order valence-corrected chi connectivity index (χ0v) is 10.1. The number of alkyl halides is 3. The van der Waals surface area contributed by atoms with Crippen LogP contribution in [0.3, 0.4) is 0 Å². The van der Waals surface area contributed by atoms with Crippen LogP contribution in [0.25, 0.3) is 0 Å². The Balaban J connectivity index is 1.98. The summed E-state index contributed by atoms with van der Waals surface area (Å²) >= 11 is 0. The van der Waals surface area contributed by atoms with Crippen LogP contribution < -0.4 is 0 Å². The van der Waals surface area contributed by atoms with Crippen LogP contribution in [0.15, 0.2) is 11.1 Å². The highest BCUT2D eigenvalue weighted by atomic mass is 19.4. The quantitative estimate of drug-likeness (QED) is 0.713. The van der Waals surface area contributed by atoms with Gasteiger partial charge in [-0.1, -0.05) is 0 Å². The van der Waals surface area contributed by atoms with Crippen molar-refractivity contribution in [1.82, 2.24) is 0 Å². The molecule has 0 N–H and O–H groups in total. The fourth-order valence-electron chi connectivity index (χ4n) is 4.18. The van der Waals surface area contributed by atoms with Crippen LogP contribution in [0.2, 0.25) is 0 Å². The van der Waals surface area contributed by atoms with Crippen molar-refractivity contribution in [3.8, 4) is 0 Å². The van der Waals surface area contributed by atoms with Crippen LogP contribution in [-0.2, 0) is 9.53 Å². The number of ether oxygens (including phenoxy) is 1. The largest absolute Gasteiger partial charge is 0.463 e. The lowest BCUT2D eigenvalue weighted by Crippen LogP contribution is -2.44. The molecule has 4 atom stereocenters. The summed E-state index contributed by atoms with van der Waals surface area (Å²) in [5, 5.41) is 0. The van der Waals surface area contributed by atoms with Gasteiger partial charge in [-0.15, -0.1) is 0 Å². The minimum Gasteiger partial charge on any atom is -0.463 e. The van der Waals surface area contributed by atoms with Gasteiger partial charge in [0.15, 0.2) is 0 Å². The third-order valence-electron chi connectivity index (χ3n) is 4.67. The maximum atomic E-state index is 13.0. The van der Waals surface area contributed by atoms with Gasteiger partial charge in [-0.2, -0.15) is 13.2 Å². The van der Waals surface area contributed by atoms with Crippen LogP contribution >= 0.6 is 0 Å². The van der Waals surface area contributed by atoms with Gasteiger partial charge < -0.3 is 4.74 Å². The third-order valence-corrected chi connectivity index (χ3v) is 4.67. The molecule has 0 aromatic heterocycles. The Bertz CT molecular complexity index is 424. The van der Waals surface area contributed by atoms with Crippen molar-refractivity contribution in [2.24, 2.45) is 23.7 Å². The first-order chi connectivity index (χ1) is 8.45. The summed E-state index contributed by atoms with van der Waals surface area (Å²) in [5.41, 5.74) is -0.653. The lowest BCUT2D eigenvalue weighted by molar-refractivity contribution is -0.145. The van der Waals surface area contributed by atoms with E-state index in [1.807, 2.05) is 0 Å². The molecule has 0 saturated heterocycles. The number of carbonyl (C=O) groups is 1. The van der Waals surface area contributed by atoms with Gasteiger partial charge in [0, 0.05) is 17.1 Å². The molecule has 0 aliphatic heterocycles. The van der Waals surface area contributed by atoms with E-state index in [0.717, 1.165) is 19.3 Å². The lowest BCUT2D eigenvalue weighted by atomic mass is 9.61. The first kappa shape index (κ1) is 12.1. The molecule has 0 amide bonds. The van der Waals surface area contributed by atoms with E-state index >= 15 is 0 Å². The molecule has 3 aliphatic rings. The van der Waals surface area contributed by atoms with E-state index in [-0.39, 0.29) is 29.9 Å². The van der Waals surface area contributed by atoms with Gasteiger partial charge in [-0.05, 0) is 43.9 Å². The van der Waals surface area contributed by atoms with Crippen molar-refractivity contribution in [3.63, 3.8) is 0 Å². The maximum absolute atomic E-state index is 13.0. The van der Waals surface area contributed by atoms with Gasteiger partial charge in [-0.25, -0.2) is 4.79 Å². The molecular formula is C13H15F3O2. The van der Waals surface area contributed by atoms with E-state index in [1.165, 1.54) is 0 Å². The van der Waals surface area contributed by atoms with Gasteiger partial charge in [-0.3, -0.25) is 0 Å². The molecular weight excluding hydrogens is 245 g/mol. The van der Waals surface area contributed by atoms with Crippen molar-refractivity contribution in [3.05, 3.63) is 11.1 Å². The van der Waals surface area contributed by atoms with E-state index in [4.69, 9.17) is 4.74 Å². The van der Waals surface area contributed by atoms with Crippen molar-refractivity contribution < 1.29 is 22.7 Å². The number of carbonyl (C=O) groups excluding carboxylic acids is 1. The smallest absolute Gasteiger partial charge is 0.413 e. The van der Waals surface area contributed by atoms with E-state index in [1.54, 1.807) is 6.92 Å². The molecule has 2 nitrogen and oxygen atoms in total. The highest BCUT2D eigenvalue weighted by Crippen LogP contribution is 2.66. The SMILES string of the molecule is CCOC(=O)C1=C(C(F)(F)F)[C@@H]2[C@H]3CC[C@H](C3)[C@H]12. The van der Waals surface area contributed by atoms with Crippen molar-refractivity contribution in [2.45, 2.75) is 32.4 Å². The summed E-state index contributed by atoms with van der Waals surface area (Å²) in [6.07, 6.45) is -1.70. The summed E-state index contributed by atoms with van der Waals surface area (Å²) < 4.78 is 43.9. The summed E-state index contributed by atoms with van der Waals surface area (Å²) in [6, 6.07) is 0. The molecule has 0 radical (unpaired) electrons. The van der Waals surface area contributed by atoms with Gasteiger partial charge in [0.2, 0.25) is 0 Å². The Morgan fingerprint density at radius 1 is 1.28 bits per heavy atom. The number of allylic oxidation sites excluding steroid dienone is 1. The Morgan fingerprint density at radius 2 is 1.89 bits per heavy atom. The van der Waals surface area contributed by atoms with Crippen molar-refractivity contribution >= 4 is 5.97 Å². The summed E-state index contributed by atoms with van der Waals surface area (Å²) in [6.45, 7) is 1.74. The normalized spacial score (nSPS) is 37.6. The minimum atomic E-state index is -4.38. The molecule has 18 heavy (non-hydrogen) atoms. The maximum Gasteiger partial charge on any atom is 0.413 e. The number of rotatable bonds is 2. The first-order valence-corrected chi connectivity index (χ1v) is 6.43. The van der Waals surface area contributed by atoms with Crippen LogP contribution in [0.4, 0.5) is 13.2 Å². The second-order valence-electron chi connectivity index (χ2n) is 5.43. The zero-order chi connectivity index (χ0) is 13.1. The third kappa shape index (κ3) is 1.45. The summed E-state index contributed by atoms with van der Waals surface area (Å²) in [4.78, 5) is 11.7. The average molecular weight is 260 g/mol. The Labute approximate surface area is 103 Å². The molecule has 3 rings (SSSR count). The molecule has 5 heteroatoms. The monoisotopic (exact) mass is 260 g/mol. The van der Waals surface area contributed by atoms with Crippen LogP contribution in [0, 0.1) is 23.7 Å². The summed E-state index contributed by atoms with van der Waals surface area (Å²) in [5.74, 6) is -0.957. The molecule has 0 unspecified atom stereocenters. The highest BCUT2D eigenvalue weighted by molar-refractivity contribution is 5.93. The van der Waals surface area contributed by atoms with Gasteiger partial charge in [0.25, 0.3) is 0 Å². The number of hydrogen-bond donors (Lipinski definition) is 0. The topological polar surface area (TPSA) is 26.3 Å². The van der Waals surface area contributed by atoms with Gasteiger partial charge in [0.1, 0.15) is 0 Å². The molecule has 2 fully saturated rings. The zero-order valence-electron chi connectivity index (χ0n) is 10.1. The highest BCUT2D eigenvalue weighted by Gasteiger charge is 2.64. The number of fused-ring (bicyclic) bond motifs is 5. The molecule has 2 saturated carbocycles. The van der Waals surface area contributed by atoms with Crippen LogP contribution in [0.5, 0.6) is 0 Å². The Morgan fingerprint density at radius 3 is 2.44 bits per heavy atom. The minimum absolute atomic E-state index is 0.0680. The Hall–Kier alpha value is -1.00. The fraction of sp³-hybridized carbons (Fsp3) is 0.769. The fourth-order valence-corrected chi connectivity index (χ4v) is 4.18. The molecule has 0 heterocycles. The molecule has 3 aliphatic carbocycles. The predicted molar refractivity (Wildman–Crippen MR) is 57.5 cm³/mol. The number of esters is 1. The van der Waals surface area contributed by atoms with E-state index in [9.17, 15) is 18.0 Å². The molecule has 2 bridgehead atoms. The second-order valence-corrected chi connectivity index (χ2v) is 5.43. The number of halogens is 3. The van der Waals surface area contributed by atoms with Crippen LogP contribution in [0.1, 0.15) is 26.2 Å². The standard InChI is InChI=1S/C13H15F3O2/c1-2-18-12(17)10-8-6-3-4-7(5-6)9(8)11(10)13(14,15)16/h6-9H,2-5H2,1H3/t6-,7+,8+,9-/m1/s1. The second kappa shape index (κ2) is 3.75. The molecule has 0 aromatic carbocycles. The first-order valence-electron chi connectivity index (χ1n) is 6.43. The van der Waals surface area contributed by atoms with E-state index in [0.29, 0.717) is 0 Å². The number of hydrogen-bond acceptors (Lipinski definition) is 2. The molecule has 0 aromatic rings. The van der Waals surface area contributed by atoms with Gasteiger partial charge in [0.05, 0.1) is 6.61 Å². The lowest BCUT2D eigenvalue weighted by Gasteiger charge is -2.44. The van der Waals surface area contributed by atoms with Crippen molar-refractivity contribution in [1.29, 1.82) is 0 Å². The average Bonchev–Trinajstić information content (AvgIpc) is 2.72. The van der Waals surface area contributed by atoms with Gasteiger partial charge >= 0.3 is 12.1 Å².